The molecule has 8 nitrogen and oxygen atoms in total. The maximum absolute atomic E-state index is 11.5. The summed E-state index contributed by atoms with van der Waals surface area (Å²) in [6.45, 7) is 1.99. The summed E-state index contributed by atoms with van der Waals surface area (Å²) in [5.74, 6) is 0.246. The van der Waals surface area contributed by atoms with E-state index in [4.69, 9.17) is 9.47 Å². The van der Waals surface area contributed by atoms with Crippen molar-refractivity contribution in [2.75, 3.05) is 14.2 Å². The van der Waals surface area contributed by atoms with Crippen molar-refractivity contribution in [2.45, 2.75) is 19.8 Å². The lowest BCUT2D eigenvalue weighted by molar-refractivity contribution is 0.0696. The molecule has 2 rings (SSSR count). The molecule has 1 heterocycles. The monoisotopic (exact) mass is 292 g/mol. The van der Waals surface area contributed by atoms with E-state index in [9.17, 15) is 9.90 Å². The van der Waals surface area contributed by atoms with Crippen LogP contribution in [0.25, 0.3) is 5.69 Å². The number of tetrazole rings is 1. The van der Waals surface area contributed by atoms with E-state index in [1.54, 1.807) is 6.07 Å². The highest BCUT2D eigenvalue weighted by Crippen LogP contribution is 2.32. The Labute approximate surface area is 121 Å². The van der Waals surface area contributed by atoms with Crippen molar-refractivity contribution in [1.82, 2.24) is 20.2 Å². The molecule has 1 aromatic carbocycles. The third-order valence-corrected chi connectivity index (χ3v) is 2.97. The Balaban J connectivity index is 2.65. The van der Waals surface area contributed by atoms with Gasteiger partial charge in [0.25, 0.3) is 0 Å². The lowest BCUT2D eigenvalue weighted by Gasteiger charge is -2.13. The fraction of sp³-hybridized carbons (Fsp3) is 0.385. The molecule has 0 fully saturated rings. The summed E-state index contributed by atoms with van der Waals surface area (Å²) in [4.78, 5) is 11.5. The van der Waals surface area contributed by atoms with Crippen molar-refractivity contribution in [3.05, 3.63) is 23.5 Å². The average molecular weight is 292 g/mol. The van der Waals surface area contributed by atoms with Gasteiger partial charge in [0.1, 0.15) is 0 Å². The second kappa shape index (κ2) is 6.21. The Hall–Kier alpha value is -2.64. The third kappa shape index (κ3) is 2.78. The summed E-state index contributed by atoms with van der Waals surface area (Å²) in [7, 11) is 2.93. The Morgan fingerprint density at radius 3 is 2.52 bits per heavy atom. The number of aryl methyl sites for hydroxylation is 1. The summed E-state index contributed by atoms with van der Waals surface area (Å²) in [6.07, 6.45) is 1.48. The molecule has 0 bridgehead atoms. The normalized spacial score (nSPS) is 10.4. The zero-order valence-corrected chi connectivity index (χ0v) is 12.0. The lowest BCUT2D eigenvalue weighted by atomic mass is 10.1. The predicted molar refractivity (Wildman–Crippen MR) is 73.2 cm³/mol. The first kappa shape index (κ1) is 14.8. The van der Waals surface area contributed by atoms with Gasteiger partial charge in [-0.15, -0.1) is 5.10 Å². The summed E-state index contributed by atoms with van der Waals surface area (Å²) >= 11 is 0. The van der Waals surface area contributed by atoms with Crippen LogP contribution in [0.4, 0.5) is 0 Å². The van der Waals surface area contributed by atoms with E-state index in [-0.39, 0.29) is 5.56 Å². The molecule has 0 saturated carbocycles. The Morgan fingerprint density at radius 1 is 1.29 bits per heavy atom. The highest BCUT2D eigenvalue weighted by Gasteiger charge is 2.20. The van der Waals surface area contributed by atoms with Gasteiger partial charge in [-0.2, -0.15) is 4.68 Å². The van der Waals surface area contributed by atoms with Crippen LogP contribution in [0.5, 0.6) is 11.5 Å². The van der Waals surface area contributed by atoms with Crippen LogP contribution in [-0.2, 0) is 6.42 Å². The number of carboxylic acid groups (broad SMARTS) is 1. The van der Waals surface area contributed by atoms with Gasteiger partial charge in [-0.3, -0.25) is 0 Å². The summed E-state index contributed by atoms with van der Waals surface area (Å²) < 4.78 is 11.7. The quantitative estimate of drug-likeness (QED) is 0.857. The van der Waals surface area contributed by atoms with Crippen LogP contribution in [0.3, 0.4) is 0 Å². The van der Waals surface area contributed by atoms with E-state index in [2.05, 4.69) is 15.5 Å². The number of rotatable bonds is 6. The summed E-state index contributed by atoms with van der Waals surface area (Å²) in [5.41, 5.74) is 0.380. The van der Waals surface area contributed by atoms with Gasteiger partial charge in [-0.05, 0) is 16.8 Å². The molecule has 0 saturated heterocycles. The number of methoxy groups -OCH3 is 2. The van der Waals surface area contributed by atoms with Gasteiger partial charge < -0.3 is 14.6 Å². The highest BCUT2D eigenvalue weighted by molar-refractivity contribution is 5.93. The van der Waals surface area contributed by atoms with Crippen LogP contribution in [-0.4, -0.2) is 45.5 Å². The minimum atomic E-state index is -1.09. The molecule has 1 N–H and O–H groups in total. The van der Waals surface area contributed by atoms with Crippen molar-refractivity contribution < 1.29 is 19.4 Å². The van der Waals surface area contributed by atoms with Gasteiger partial charge in [0.15, 0.2) is 17.3 Å². The van der Waals surface area contributed by atoms with Crippen LogP contribution in [0.1, 0.15) is 29.5 Å². The molecule has 0 radical (unpaired) electrons. The van der Waals surface area contributed by atoms with E-state index >= 15 is 0 Å². The van der Waals surface area contributed by atoms with E-state index in [1.165, 1.54) is 25.0 Å². The second-order valence-electron chi connectivity index (χ2n) is 4.29. The maximum Gasteiger partial charge on any atom is 0.338 e. The van der Waals surface area contributed by atoms with Crippen molar-refractivity contribution >= 4 is 5.97 Å². The van der Waals surface area contributed by atoms with Gasteiger partial charge in [-0.1, -0.05) is 6.92 Å². The van der Waals surface area contributed by atoms with Crippen molar-refractivity contribution in [3.63, 3.8) is 0 Å². The number of hydrogen-bond donors (Lipinski definition) is 1. The molecule has 0 aliphatic carbocycles. The summed E-state index contributed by atoms with van der Waals surface area (Å²) in [6, 6.07) is 2.95. The predicted octanol–water partition coefficient (Wildman–Crippen LogP) is 1.33. The molecule has 112 valence electrons. The molecule has 0 spiro atoms. The Kier molecular flexibility index (Phi) is 4.36. The second-order valence-corrected chi connectivity index (χ2v) is 4.29. The first-order chi connectivity index (χ1) is 10.1. The molecule has 8 heteroatoms. The van der Waals surface area contributed by atoms with Crippen molar-refractivity contribution in [2.24, 2.45) is 0 Å². The third-order valence-electron chi connectivity index (χ3n) is 2.97. The Morgan fingerprint density at radius 2 is 1.95 bits per heavy atom. The van der Waals surface area contributed by atoms with Crippen LogP contribution < -0.4 is 9.47 Å². The van der Waals surface area contributed by atoms with Crippen LogP contribution in [0.2, 0.25) is 0 Å². The van der Waals surface area contributed by atoms with Crippen LogP contribution in [0, 0.1) is 0 Å². The first-order valence-electron chi connectivity index (χ1n) is 6.39. The van der Waals surface area contributed by atoms with Crippen LogP contribution in [0.15, 0.2) is 12.1 Å². The number of ether oxygens (including phenoxy) is 2. The van der Waals surface area contributed by atoms with Gasteiger partial charge in [0.05, 0.1) is 25.5 Å². The number of hydrogen-bond acceptors (Lipinski definition) is 6. The minimum absolute atomic E-state index is 0.0392. The number of carboxylic acids is 1. The molecule has 0 atom stereocenters. The first-order valence-corrected chi connectivity index (χ1v) is 6.39. The molecular formula is C13H16N4O4. The van der Waals surface area contributed by atoms with Gasteiger partial charge >= 0.3 is 5.97 Å². The number of aromatic carboxylic acids is 1. The molecular weight excluding hydrogens is 276 g/mol. The lowest BCUT2D eigenvalue weighted by Crippen LogP contribution is -2.11. The largest absolute Gasteiger partial charge is 0.493 e. The topological polar surface area (TPSA) is 99.4 Å². The number of nitrogens with zero attached hydrogens (tertiary/aromatic N) is 4. The maximum atomic E-state index is 11.5. The molecule has 0 aliphatic heterocycles. The fourth-order valence-corrected chi connectivity index (χ4v) is 1.99. The van der Waals surface area contributed by atoms with Gasteiger partial charge in [0.2, 0.25) is 0 Å². The van der Waals surface area contributed by atoms with E-state index in [1.807, 2.05) is 6.92 Å². The number of aromatic nitrogens is 4. The minimum Gasteiger partial charge on any atom is -0.493 e. The van der Waals surface area contributed by atoms with Gasteiger partial charge in [0, 0.05) is 18.6 Å². The highest BCUT2D eigenvalue weighted by atomic mass is 16.5. The van der Waals surface area contributed by atoms with Crippen molar-refractivity contribution in [1.29, 1.82) is 0 Å². The summed E-state index contributed by atoms with van der Waals surface area (Å²) in [5, 5.41) is 20.8. The molecule has 0 amide bonds. The molecule has 0 aliphatic rings. The zero-order chi connectivity index (χ0) is 15.4. The standard InChI is InChI=1S/C13H16N4O4/c1-4-5-12-14-15-16-17(12)9-7-11(21-3)10(20-2)6-8(9)13(18)19/h6-7H,4-5H2,1-3H3,(H,18,19). The molecule has 1 aromatic heterocycles. The number of benzene rings is 1. The number of carbonyl (C=O) groups is 1. The molecule has 2 aromatic rings. The van der Waals surface area contributed by atoms with Crippen LogP contribution >= 0.6 is 0 Å². The van der Waals surface area contributed by atoms with E-state index < -0.39 is 5.97 Å². The molecule has 21 heavy (non-hydrogen) atoms. The molecule has 0 unspecified atom stereocenters. The average Bonchev–Trinajstić information content (AvgIpc) is 2.94. The van der Waals surface area contributed by atoms with Gasteiger partial charge in [-0.25, -0.2) is 4.79 Å². The van der Waals surface area contributed by atoms with E-state index in [0.717, 1.165) is 6.42 Å². The fourth-order valence-electron chi connectivity index (χ4n) is 1.99. The van der Waals surface area contributed by atoms with Crippen molar-refractivity contribution in [3.8, 4) is 17.2 Å². The SMILES string of the molecule is CCCc1nnnn1-c1cc(OC)c(OC)cc1C(=O)O. The smallest absolute Gasteiger partial charge is 0.338 e. The van der Waals surface area contributed by atoms with E-state index in [0.29, 0.717) is 29.4 Å². The zero-order valence-electron chi connectivity index (χ0n) is 12.0. The Bertz CT molecular complexity index is 654.